The van der Waals surface area contributed by atoms with E-state index in [0.717, 1.165) is 17.7 Å². The number of hydrogen-bond donors (Lipinski definition) is 1. The van der Waals surface area contributed by atoms with Crippen molar-refractivity contribution >= 4 is 12.0 Å². The third kappa shape index (κ3) is 4.96. The highest BCUT2D eigenvalue weighted by atomic mass is 16.1. The van der Waals surface area contributed by atoms with Crippen molar-refractivity contribution in [2.45, 2.75) is 20.3 Å². The number of pyridine rings is 1. The van der Waals surface area contributed by atoms with Gasteiger partial charge in [0.25, 0.3) is 0 Å². The standard InChI is InChI=1S/C12H16N2O/c1-10-9-12(6-8-13-10)5-3-4-7-14-11(2)15/h3,5-6,8-9H,4,7H2,1-2H3,(H,14,15). The summed E-state index contributed by atoms with van der Waals surface area (Å²) >= 11 is 0. The van der Waals surface area contributed by atoms with Crippen LogP contribution in [0.1, 0.15) is 24.6 Å². The van der Waals surface area contributed by atoms with Crippen molar-refractivity contribution in [3.05, 3.63) is 35.7 Å². The summed E-state index contributed by atoms with van der Waals surface area (Å²) in [6.07, 6.45) is 6.73. The number of nitrogens with one attached hydrogen (secondary N) is 1. The van der Waals surface area contributed by atoms with Gasteiger partial charge in [0.15, 0.2) is 0 Å². The van der Waals surface area contributed by atoms with E-state index in [4.69, 9.17) is 0 Å². The van der Waals surface area contributed by atoms with E-state index in [9.17, 15) is 4.79 Å². The molecule has 1 aromatic rings. The van der Waals surface area contributed by atoms with Crippen LogP contribution in [0, 0.1) is 6.92 Å². The highest BCUT2D eigenvalue weighted by Crippen LogP contribution is 2.03. The van der Waals surface area contributed by atoms with Gasteiger partial charge in [-0.25, -0.2) is 0 Å². The number of amides is 1. The Balaban J connectivity index is 2.35. The van der Waals surface area contributed by atoms with Crippen LogP contribution < -0.4 is 5.32 Å². The van der Waals surface area contributed by atoms with Crippen molar-refractivity contribution in [2.24, 2.45) is 0 Å². The Morgan fingerprint density at radius 3 is 3.07 bits per heavy atom. The molecule has 0 saturated carbocycles. The quantitative estimate of drug-likeness (QED) is 0.761. The van der Waals surface area contributed by atoms with Crippen LogP contribution >= 0.6 is 0 Å². The predicted octanol–water partition coefficient (Wildman–Crippen LogP) is 1.93. The molecule has 0 aliphatic heterocycles. The summed E-state index contributed by atoms with van der Waals surface area (Å²) in [6.45, 7) is 4.18. The van der Waals surface area contributed by atoms with Crippen LogP contribution in [0.3, 0.4) is 0 Å². The van der Waals surface area contributed by atoms with Crippen molar-refractivity contribution in [2.75, 3.05) is 6.54 Å². The van der Waals surface area contributed by atoms with Gasteiger partial charge in [0.05, 0.1) is 0 Å². The third-order valence-corrected chi connectivity index (χ3v) is 1.92. The Morgan fingerprint density at radius 1 is 1.60 bits per heavy atom. The second kappa shape index (κ2) is 5.96. The highest BCUT2D eigenvalue weighted by Gasteiger charge is 1.89. The molecule has 3 nitrogen and oxygen atoms in total. The first-order valence-corrected chi connectivity index (χ1v) is 5.02. The Bertz CT molecular complexity index is 358. The van der Waals surface area contributed by atoms with E-state index in [1.54, 1.807) is 6.20 Å². The van der Waals surface area contributed by atoms with Crippen LogP contribution in [0.25, 0.3) is 6.08 Å². The maximum atomic E-state index is 10.6. The van der Waals surface area contributed by atoms with E-state index >= 15 is 0 Å². The maximum absolute atomic E-state index is 10.6. The Morgan fingerprint density at radius 2 is 2.40 bits per heavy atom. The molecule has 0 spiro atoms. The lowest BCUT2D eigenvalue weighted by molar-refractivity contribution is -0.118. The summed E-state index contributed by atoms with van der Waals surface area (Å²) in [7, 11) is 0. The third-order valence-electron chi connectivity index (χ3n) is 1.92. The molecule has 0 aliphatic rings. The minimum Gasteiger partial charge on any atom is -0.356 e. The monoisotopic (exact) mass is 204 g/mol. The normalized spacial score (nSPS) is 10.5. The molecule has 0 saturated heterocycles. The van der Waals surface area contributed by atoms with E-state index < -0.39 is 0 Å². The van der Waals surface area contributed by atoms with E-state index in [-0.39, 0.29) is 5.91 Å². The number of hydrogen-bond acceptors (Lipinski definition) is 2. The molecule has 0 aliphatic carbocycles. The minimum absolute atomic E-state index is 0.0168. The summed E-state index contributed by atoms with van der Waals surface area (Å²) < 4.78 is 0. The number of carbonyl (C=O) groups is 1. The van der Waals surface area contributed by atoms with Gasteiger partial charge in [-0.3, -0.25) is 9.78 Å². The molecule has 3 heteroatoms. The molecule has 1 aromatic heterocycles. The Kier molecular flexibility index (Phi) is 4.54. The van der Waals surface area contributed by atoms with Crippen molar-refractivity contribution in [1.82, 2.24) is 10.3 Å². The number of aryl methyl sites for hydroxylation is 1. The van der Waals surface area contributed by atoms with Gasteiger partial charge < -0.3 is 5.32 Å². The first-order valence-electron chi connectivity index (χ1n) is 5.02. The lowest BCUT2D eigenvalue weighted by Crippen LogP contribution is -2.20. The number of aromatic nitrogens is 1. The summed E-state index contributed by atoms with van der Waals surface area (Å²) in [5.41, 5.74) is 2.16. The second-order valence-electron chi connectivity index (χ2n) is 3.40. The molecule has 1 amide bonds. The molecule has 15 heavy (non-hydrogen) atoms. The zero-order valence-corrected chi connectivity index (χ0v) is 9.16. The maximum Gasteiger partial charge on any atom is 0.216 e. The van der Waals surface area contributed by atoms with Crippen LogP contribution in [-0.4, -0.2) is 17.4 Å². The van der Waals surface area contributed by atoms with Crippen molar-refractivity contribution < 1.29 is 4.79 Å². The zero-order chi connectivity index (χ0) is 11.1. The molecule has 0 aromatic carbocycles. The fraction of sp³-hybridized carbons (Fsp3) is 0.333. The molecule has 1 N–H and O–H groups in total. The molecule has 0 fully saturated rings. The number of nitrogens with zero attached hydrogens (tertiary/aromatic N) is 1. The highest BCUT2D eigenvalue weighted by molar-refractivity contribution is 5.72. The average molecular weight is 204 g/mol. The van der Waals surface area contributed by atoms with Gasteiger partial charge in [-0.2, -0.15) is 0 Å². The Hall–Kier alpha value is -1.64. The first kappa shape index (κ1) is 11.4. The van der Waals surface area contributed by atoms with Crippen molar-refractivity contribution in [1.29, 1.82) is 0 Å². The summed E-state index contributed by atoms with van der Waals surface area (Å²) in [4.78, 5) is 14.7. The fourth-order valence-electron chi connectivity index (χ4n) is 1.22. The van der Waals surface area contributed by atoms with Gasteiger partial charge in [0.1, 0.15) is 0 Å². The molecule has 1 heterocycles. The van der Waals surface area contributed by atoms with E-state index in [1.165, 1.54) is 6.92 Å². The zero-order valence-electron chi connectivity index (χ0n) is 9.16. The lowest BCUT2D eigenvalue weighted by atomic mass is 10.2. The van der Waals surface area contributed by atoms with Gasteiger partial charge >= 0.3 is 0 Å². The van der Waals surface area contributed by atoms with Gasteiger partial charge in [0, 0.05) is 25.4 Å². The van der Waals surface area contributed by atoms with Crippen LogP contribution in [0.2, 0.25) is 0 Å². The van der Waals surface area contributed by atoms with Crippen LogP contribution in [-0.2, 0) is 4.79 Å². The predicted molar refractivity (Wildman–Crippen MR) is 61.3 cm³/mol. The van der Waals surface area contributed by atoms with Crippen LogP contribution in [0.15, 0.2) is 24.4 Å². The smallest absolute Gasteiger partial charge is 0.216 e. The largest absolute Gasteiger partial charge is 0.356 e. The van der Waals surface area contributed by atoms with Gasteiger partial charge in [-0.1, -0.05) is 12.2 Å². The second-order valence-corrected chi connectivity index (χ2v) is 3.40. The van der Waals surface area contributed by atoms with Crippen LogP contribution in [0.5, 0.6) is 0 Å². The number of carbonyl (C=O) groups excluding carboxylic acids is 1. The molecule has 0 bridgehead atoms. The lowest BCUT2D eigenvalue weighted by Gasteiger charge is -1.97. The van der Waals surface area contributed by atoms with E-state index in [0.29, 0.717) is 6.54 Å². The molecule has 1 rings (SSSR count). The fourth-order valence-corrected chi connectivity index (χ4v) is 1.22. The molecule has 0 radical (unpaired) electrons. The Labute approximate surface area is 90.2 Å². The molecule has 0 atom stereocenters. The molecule has 80 valence electrons. The van der Waals surface area contributed by atoms with Gasteiger partial charge in [-0.05, 0) is 31.0 Å². The van der Waals surface area contributed by atoms with Gasteiger partial charge in [0.2, 0.25) is 5.91 Å². The molecular weight excluding hydrogens is 188 g/mol. The van der Waals surface area contributed by atoms with Crippen LogP contribution in [0.4, 0.5) is 0 Å². The van der Waals surface area contributed by atoms with Gasteiger partial charge in [-0.15, -0.1) is 0 Å². The van der Waals surface area contributed by atoms with E-state index in [1.807, 2.05) is 31.2 Å². The molecular formula is C12H16N2O. The summed E-state index contributed by atoms with van der Waals surface area (Å²) in [6, 6.07) is 3.98. The summed E-state index contributed by atoms with van der Waals surface area (Å²) in [5, 5.41) is 2.74. The SMILES string of the molecule is CC(=O)NCCC=Cc1ccnc(C)c1. The van der Waals surface area contributed by atoms with Crippen molar-refractivity contribution in [3.63, 3.8) is 0 Å². The van der Waals surface area contributed by atoms with E-state index in [2.05, 4.69) is 10.3 Å². The number of rotatable bonds is 4. The first-order chi connectivity index (χ1) is 7.18. The minimum atomic E-state index is 0.0168. The summed E-state index contributed by atoms with van der Waals surface area (Å²) in [5.74, 6) is 0.0168. The topological polar surface area (TPSA) is 42.0 Å². The average Bonchev–Trinajstić information content (AvgIpc) is 2.17. The van der Waals surface area contributed by atoms with Crippen molar-refractivity contribution in [3.8, 4) is 0 Å². The molecule has 0 unspecified atom stereocenters.